The molecule has 94 valence electrons. The number of benzene rings is 2. The molecule has 0 aliphatic heterocycles. The fourth-order valence-corrected chi connectivity index (χ4v) is 2.00. The van der Waals surface area contributed by atoms with Gasteiger partial charge in [-0.05, 0) is 41.7 Å². The molecule has 2 heteroatoms. The summed E-state index contributed by atoms with van der Waals surface area (Å²) >= 11 is 0. The first-order valence-corrected chi connectivity index (χ1v) is 6.24. The predicted molar refractivity (Wildman–Crippen MR) is 75.5 cm³/mol. The summed E-state index contributed by atoms with van der Waals surface area (Å²) < 4.78 is 0. The largest absolute Gasteiger partial charge is 0.399 e. The van der Waals surface area contributed by atoms with E-state index in [9.17, 15) is 5.11 Å². The van der Waals surface area contributed by atoms with Gasteiger partial charge in [-0.2, -0.15) is 0 Å². The van der Waals surface area contributed by atoms with Gasteiger partial charge >= 0.3 is 0 Å². The smallest absolute Gasteiger partial charge is 0.104 e. The lowest BCUT2D eigenvalue weighted by Gasteiger charge is -2.13. The Morgan fingerprint density at radius 1 is 1.06 bits per heavy atom. The summed E-state index contributed by atoms with van der Waals surface area (Å²) in [7, 11) is 0. The molecule has 0 saturated heterocycles. The number of nitrogen functional groups attached to an aromatic ring is 1. The molecular formula is C16H19NO. The maximum Gasteiger partial charge on any atom is 0.104 e. The van der Waals surface area contributed by atoms with E-state index in [4.69, 9.17) is 5.73 Å². The predicted octanol–water partition coefficient (Wildman–Crippen LogP) is 3.22. The number of aliphatic hydroxyl groups excluding tert-OH is 1. The van der Waals surface area contributed by atoms with Crippen molar-refractivity contribution < 1.29 is 5.11 Å². The summed E-state index contributed by atoms with van der Waals surface area (Å²) in [6.45, 7) is 4.07. The average Bonchev–Trinajstić information content (AvgIpc) is 2.41. The highest BCUT2D eigenvalue weighted by atomic mass is 16.3. The third kappa shape index (κ3) is 2.54. The van der Waals surface area contributed by atoms with Crippen LogP contribution in [0.25, 0.3) is 0 Å². The van der Waals surface area contributed by atoms with Crippen molar-refractivity contribution in [1.29, 1.82) is 0 Å². The molecule has 0 fully saturated rings. The van der Waals surface area contributed by atoms with Crippen LogP contribution >= 0.6 is 0 Å². The van der Waals surface area contributed by atoms with E-state index in [0.29, 0.717) is 0 Å². The number of anilines is 1. The van der Waals surface area contributed by atoms with Crippen molar-refractivity contribution in [2.24, 2.45) is 0 Å². The SMILES string of the molecule is CCc1ccc([C@@H](O)c2ccc(N)c(C)c2)cc1. The van der Waals surface area contributed by atoms with Crippen molar-refractivity contribution in [2.45, 2.75) is 26.4 Å². The molecule has 0 aromatic heterocycles. The molecule has 1 atom stereocenters. The van der Waals surface area contributed by atoms with Crippen LogP contribution < -0.4 is 5.73 Å². The standard InChI is InChI=1S/C16H19NO/c1-3-12-4-6-13(7-5-12)16(18)14-8-9-15(17)11(2)10-14/h4-10,16,18H,3,17H2,1-2H3/t16-/m1/s1. The van der Waals surface area contributed by atoms with E-state index in [2.05, 4.69) is 19.1 Å². The first-order chi connectivity index (χ1) is 8.61. The fraction of sp³-hybridized carbons (Fsp3) is 0.250. The highest BCUT2D eigenvalue weighted by Crippen LogP contribution is 2.25. The molecule has 2 aromatic rings. The Kier molecular flexibility index (Phi) is 3.68. The molecule has 0 unspecified atom stereocenters. The van der Waals surface area contributed by atoms with E-state index in [0.717, 1.165) is 28.8 Å². The van der Waals surface area contributed by atoms with Gasteiger partial charge in [0.15, 0.2) is 0 Å². The maximum atomic E-state index is 10.3. The molecule has 3 N–H and O–H groups in total. The minimum Gasteiger partial charge on any atom is -0.399 e. The van der Waals surface area contributed by atoms with Crippen LogP contribution in [0.15, 0.2) is 42.5 Å². The summed E-state index contributed by atoms with van der Waals surface area (Å²) in [5.41, 5.74) is 10.6. The Morgan fingerprint density at radius 3 is 2.22 bits per heavy atom. The van der Waals surface area contributed by atoms with Crippen molar-refractivity contribution in [1.82, 2.24) is 0 Å². The van der Waals surface area contributed by atoms with Gasteiger partial charge in [0.05, 0.1) is 0 Å². The third-order valence-corrected chi connectivity index (χ3v) is 3.31. The number of aryl methyl sites for hydroxylation is 2. The summed E-state index contributed by atoms with van der Waals surface area (Å²) in [5, 5.41) is 10.3. The van der Waals surface area contributed by atoms with Gasteiger partial charge in [0, 0.05) is 5.69 Å². The Bertz CT molecular complexity index is 531. The minimum atomic E-state index is -0.588. The van der Waals surface area contributed by atoms with Crippen LogP contribution in [0.4, 0.5) is 5.69 Å². The van der Waals surface area contributed by atoms with E-state index in [1.807, 2.05) is 37.3 Å². The molecule has 0 saturated carbocycles. The summed E-state index contributed by atoms with van der Waals surface area (Å²) in [4.78, 5) is 0. The Hall–Kier alpha value is -1.80. The van der Waals surface area contributed by atoms with E-state index >= 15 is 0 Å². The minimum absolute atomic E-state index is 0.588. The van der Waals surface area contributed by atoms with Crippen LogP contribution in [0.2, 0.25) is 0 Å². The van der Waals surface area contributed by atoms with Crippen LogP contribution in [0, 0.1) is 6.92 Å². The molecular weight excluding hydrogens is 222 g/mol. The van der Waals surface area contributed by atoms with E-state index in [1.165, 1.54) is 5.56 Å². The molecule has 0 amide bonds. The summed E-state index contributed by atoms with van der Waals surface area (Å²) in [6.07, 6.45) is 0.423. The van der Waals surface area contributed by atoms with Crippen molar-refractivity contribution in [3.05, 3.63) is 64.7 Å². The number of rotatable bonds is 3. The Balaban J connectivity index is 2.28. The van der Waals surface area contributed by atoms with Gasteiger partial charge in [-0.15, -0.1) is 0 Å². The van der Waals surface area contributed by atoms with Crippen LogP contribution in [-0.4, -0.2) is 5.11 Å². The maximum absolute atomic E-state index is 10.3. The molecule has 2 rings (SSSR count). The Labute approximate surface area is 108 Å². The van der Waals surface area contributed by atoms with Gasteiger partial charge in [0.2, 0.25) is 0 Å². The first-order valence-electron chi connectivity index (χ1n) is 6.24. The van der Waals surface area contributed by atoms with Crippen LogP contribution in [-0.2, 0) is 6.42 Å². The van der Waals surface area contributed by atoms with E-state index in [1.54, 1.807) is 0 Å². The first kappa shape index (κ1) is 12.7. The van der Waals surface area contributed by atoms with E-state index < -0.39 is 6.10 Å². The van der Waals surface area contributed by atoms with Crippen molar-refractivity contribution in [3.63, 3.8) is 0 Å². The molecule has 18 heavy (non-hydrogen) atoms. The van der Waals surface area contributed by atoms with E-state index in [-0.39, 0.29) is 0 Å². The van der Waals surface area contributed by atoms with Gasteiger partial charge in [-0.1, -0.05) is 43.3 Å². The normalized spacial score (nSPS) is 12.4. The second kappa shape index (κ2) is 5.23. The number of aliphatic hydroxyl groups is 1. The topological polar surface area (TPSA) is 46.2 Å². The monoisotopic (exact) mass is 241 g/mol. The van der Waals surface area contributed by atoms with Crippen molar-refractivity contribution in [3.8, 4) is 0 Å². The molecule has 0 bridgehead atoms. The second-order valence-corrected chi connectivity index (χ2v) is 4.61. The van der Waals surface area contributed by atoms with Crippen molar-refractivity contribution in [2.75, 3.05) is 5.73 Å². The van der Waals surface area contributed by atoms with Crippen LogP contribution in [0.3, 0.4) is 0 Å². The molecule has 0 heterocycles. The van der Waals surface area contributed by atoms with Gasteiger partial charge in [0.25, 0.3) is 0 Å². The second-order valence-electron chi connectivity index (χ2n) is 4.61. The quantitative estimate of drug-likeness (QED) is 0.810. The van der Waals surface area contributed by atoms with Crippen molar-refractivity contribution >= 4 is 5.69 Å². The number of hydrogen-bond donors (Lipinski definition) is 2. The zero-order valence-corrected chi connectivity index (χ0v) is 10.9. The summed E-state index contributed by atoms with van der Waals surface area (Å²) in [6, 6.07) is 13.7. The number of hydrogen-bond acceptors (Lipinski definition) is 2. The lowest BCUT2D eigenvalue weighted by atomic mass is 9.98. The third-order valence-electron chi connectivity index (χ3n) is 3.31. The lowest BCUT2D eigenvalue weighted by molar-refractivity contribution is 0.220. The van der Waals surface area contributed by atoms with Crippen LogP contribution in [0.1, 0.15) is 35.3 Å². The molecule has 0 spiro atoms. The highest BCUT2D eigenvalue weighted by molar-refractivity contribution is 5.49. The molecule has 0 radical (unpaired) electrons. The van der Waals surface area contributed by atoms with Crippen LogP contribution in [0.5, 0.6) is 0 Å². The average molecular weight is 241 g/mol. The highest BCUT2D eigenvalue weighted by Gasteiger charge is 2.10. The molecule has 0 aliphatic rings. The fourth-order valence-electron chi connectivity index (χ4n) is 2.00. The van der Waals surface area contributed by atoms with Gasteiger partial charge in [0.1, 0.15) is 6.10 Å². The molecule has 2 aromatic carbocycles. The van der Waals surface area contributed by atoms with Gasteiger partial charge < -0.3 is 10.8 Å². The zero-order valence-electron chi connectivity index (χ0n) is 10.9. The zero-order chi connectivity index (χ0) is 13.1. The number of nitrogens with two attached hydrogens (primary N) is 1. The van der Waals surface area contributed by atoms with Gasteiger partial charge in [-0.25, -0.2) is 0 Å². The summed E-state index contributed by atoms with van der Waals surface area (Å²) in [5.74, 6) is 0. The van der Waals surface area contributed by atoms with Gasteiger partial charge in [-0.3, -0.25) is 0 Å². The molecule has 0 aliphatic carbocycles. The Morgan fingerprint density at radius 2 is 1.67 bits per heavy atom. The molecule has 2 nitrogen and oxygen atoms in total. The lowest BCUT2D eigenvalue weighted by Crippen LogP contribution is -2.01.